The highest BCUT2D eigenvalue weighted by Gasteiger charge is 2.09. The third-order valence-electron chi connectivity index (χ3n) is 3.56. The molecule has 112 valence electrons. The van der Waals surface area contributed by atoms with Gasteiger partial charge in [0.05, 0.1) is 24.3 Å². The second-order valence-corrected chi connectivity index (χ2v) is 5.23. The lowest BCUT2D eigenvalue weighted by Gasteiger charge is -2.00. The van der Waals surface area contributed by atoms with Crippen molar-refractivity contribution in [3.8, 4) is 11.4 Å². The number of imidazole rings is 1. The van der Waals surface area contributed by atoms with Crippen LogP contribution in [0, 0.1) is 6.92 Å². The summed E-state index contributed by atoms with van der Waals surface area (Å²) in [5.41, 5.74) is 4.53. The van der Waals surface area contributed by atoms with Gasteiger partial charge < -0.3 is 10.3 Å². The Balaban J connectivity index is 0.000000246. The summed E-state index contributed by atoms with van der Waals surface area (Å²) in [5, 5.41) is 2.93. The Bertz CT molecular complexity index is 687. The van der Waals surface area contributed by atoms with Crippen LogP contribution in [-0.2, 0) is 0 Å². The topological polar surface area (TPSA) is 53.1 Å². The van der Waals surface area contributed by atoms with Gasteiger partial charge in [-0.25, -0.2) is 4.98 Å². The largest absolute Gasteiger partial charge is 0.375 e. The molecule has 0 radical (unpaired) electrons. The van der Waals surface area contributed by atoms with Crippen molar-refractivity contribution >= 4 is 18.5 Å². The number of hydrogen-bond acceptors (Lipinski definition) is 3. The highest BCUT2D eigenvalue weighted by atomic mass is 15.0. The molecular weight excluding hydrogens is 272 g/mol. The second-order valence-electron chi connectivity index (χ2n) is 5.23. The van der Waals surface area contributed by atoms with Crippen molar-refractivity contribution in [2.24, 2.45) is 4.99 Å². The SMILES string of the molecule is C1=NCCN1.Cc1ccccc1-c1nc2c([nH]1)C=CCC=C2. The van der Waals surface area contributed by atoms with E-state index in [9.17, 15) is 0 Å². The Kier molecular flexibility index (Phi) is 4.49. The minimum atomic E-state index is 0.948. The van der Waals surface area contributed by atoms with Crippen molar-refractivity contribution in [3.05, 3.63) is 53.4 Å². The molecule has 1 aliphatic heterocycles. The van der Waals surface area contributed by atoms with E-state index < -0.39 is 0 Å². The van der Waals surface area contributed by atoms with E-state index in [1.165, 1.54) is 11.1 Å². The molecule has 4 heteroatoms. The van der Waals surface area contributed by atoms with Crippen LogP contribution < -0.4 is 5.32 Å². The summed E-state index contributed by atoms with van der Waals surface area (Å²) < 4.78 is 0. The molecule has 4 nitrogen and oxygen atoms in total. The van der Waals surface area contributed by atoms with Crippen LogP contribution in [0.25, 0.3) is 23.5 Å². The van der Waals surface area contributed by atoms with Crippen molar-refractivity contribution in [3.63, 3.8) is 0 Å². The fourth-order valence-electron chi connectivity index (χ4n) is 2.39. The summed E-state index contributed by atoms with van der Waals surface area (Å²) in [6.45, 7) is 4.09. The number of nitrogens with zero attached hydrogens (tertiary/aromatic N) is 2. The Morgan fingerprint density at radius 1 is 1.09 bits per heavy atom. The average molecular weight is 292 g/mol. The number of rotatable bonds is 1. The number of allylic oxidation sites excluding steroid dienone is 2. The zero-order valence-corrected chi connectivity index (χ0v) is 12.7. The van der Waals surface area contributed by atoms with Gasteiger partial charge in [-0.15, -0.1) is 0 Å². The molecule has 1 aromatic heterocycles. The van der Waals surface area contributed by atoms with Gasteiger partial charge in [-0.1, -0.05) is 36.4 Å². The molecule has 0 spiro atoms. The lowest BCUT2D eigenvalue weighted by Crippen LogP contribution is -2.04. The summed E-state index contributed by atoms with van der Waals surface area (Å²) in [6.07, 6.45) is 11.2. The molecule has 0 amide bonds. The minimum absolute atomic E-state index is 0.948. The normalized spacial score (nSPS) is 14.8. The summed E-state index contributed by atoms with van der Waals surface area (Å²) in [7, 11) is 0. The second kappa shape index (κ2) is 6.89. The van der Waals surface area contributed by atoms with Crippen LogP contribution in [0.3, 0.4) is 0 Å². The third kappa shape index (κ3) is 3.34. The monoisotopic (exact) mass is 292 g/mol. The number of nitrogens with one attached hydrogen (secondary N) is 2. The fourth-order valence-corrected chi connectivity index (χ4v) is 2.39. The van der Waals surface area contributed by atoms with E-state index in [1.54, 1.807) is 6.34 Å². The molecule has 22 heavy (non-hydrogen) atoms. The molecule has 0 bridgehead atoms. The molecule has 0 fully saturated rings. The third-order valence-corrected chi connectivity index (χ3v) is 3.56. The Hall–Kier alpha value is -2.62. The highest BCUT2D eigenvalue weighted by Crippen LogP contribution is 2.24. The number of benzene rings is 1. The highest BCUT2D eigenvalue weighted by molar-refractivity contribution is 5.69. The number of fused-ring (bicyclic) bond motifs is 1. The molecule has 0 saturated heterocycles. The zero-order valence-electron chi connectivity index (χ0n) is 12.7. The first kappa shape index (κ1) is 14.3. The molecule has 1 aliphatic carbocycles. The fraction of sp³-hybridized carbons (Fsp3) is 0.222. The molecule has 2 N–H and O–H groups in total. The molecule has 2 aliphatic rings. The number of aryl methyl sites for hydroxylation is 1. The van der Waals surface area contributed by atoms with Crippen LogP contribution in [0.4, 0.5) is 0 Å². The van der Waals surface area contributed by atoms with Gasteiger partial charge in [0.15, 0.2) is 0 Å². The van der Waals surface area contributed by atoms with E-state index in [1.807, 2.05) is 12.1 Å². The predicted molar refractivity (Wildman–Crippen MR) is 92.8 cm³/mol. The van der Waals surface area contributed by atoms with Crippen molar-refractivity contribution < 1.29 is 0 Å². The molecule has 0 unspecified atom stereocenters. The van der Waals surface area contributed by atoms with Crippen LogP contribution >= 0.6 is 0 Å². The number of aromatic amines is 1. The Labute approximate surface area is 130 Å². The molecule has 2 heterocycles. The Morgan fingerprint density at radius 2 is 1.95 bits per heavy atom. The molecule has 4 rings (SSSR count). The predicted octanol–water partition coefficient (Wildman–Crippen LogP) is 3.43. The average Bonchev–Trinajstić information content (AvgIpc) is 3.18. The van der Waals surface area contributed by atoms with E-state index in [2.05, 4.69) is 63.6 Å². The quantitative estimate of drug-likeness (QED) is 0.846. The van der Waals surface area contributed by atoms with Crippen molar-refractivity contribution in [1.82, 2.24) is 15.3 Å². The molecule has 2 aromatic rings. The summed E-state index contributed by atoms with van der Waals surface area (Å²) in [5.74, 6) is 0.948. The van der Waals surface area contributed by atoms with Crippen LogP contribution in [0.15, 0.2) is 41.4 Å². The van der Waals surface area contributed by atoms with Crippen molar-refractivity contribution in [2.75, 3.05) is 13.1 Å². The van der Waals surface area contributed by atoms with Crippen LogP contribution in [0.1, 0.15) is 23.4 Å². The minimum Gasteiger partial charge on any atom is -0.375 e. The van der Waals surface area contributed by atoms with E-state index in [0.717, 1.165) is 36.7 Å². The summed E-state index contributed by atoms with van der Waals surface area (Å²) in [4.78, 5) is 11.9. The summed E-state index contributed by atoms with van der Waals surface area (Å²) in [6, 6.07) is 8.30. The lowest BCUT2D eigenvalue weighted by molar-refractivity contribution is 0.965. The molecule has 0 atom stereocenters. The smallest absolute Gasteiger partial charge is 0.138 e. The number of aromatic nitrogens is 2. The van der Waals surface area contributed by atoms with E-state index >= 15 is 0 Å². The molecule has 1 aromatic carbocycles. The van der Waals surface area contributed by atoms with Gasteiger partial charge in [0.25, 0.3) is 0 Å². The molecular formula is C18H20N4. The van der Waals surface area contributed by atoms with Gasteiger partial charge in [0.1, 0.15) is 5.82 Å². The maximum atomic E-state index is 4.65. The first-order valence-corrected chi connectivity index (χ1v) is 7.55. The number of H-pyrrole nitrogens is 1. The maximum Gasteiger partial charge on any atom is 0.138 e. The van der Waals surface area contributed by atoms with Gasteiger partial charge in [-0.05, 0) is 31.1 Å². The van der Waals surface area contributed by atoms with Gasteiger partial charge in [0.2, 0.25) is 0 Å². The Morgan fingerprint density at radius 3 is 2.68 bits per heavy atom. The van der Waals surface area contributed by atoms with Gasteiger partial charge in [0, 0.05) is 12.1 Å². The van der Waals surface area contributed by atoms with Gasteiger partial charge in [-0.2, -0.15) is 0 Å². The van der Waals surface area contributed by atoms with E-state index in [0.29, 0.717) is 0 Å². The van der Waals surface area contributed by atoms with E-state index in [-0.39, 0.29) is 0 Å². The van der Waals surface area contributed by atoms with Crippen LogP contribution in [-0.4, -0.2) is 29.4 Å². The first-order chi connectivity index (χ1) is 10.8. The zero-order chi connectivity index (χ0) is 15.2. The van der Waals surface area contributed by atoms with Crippen molar-refractivity contribution in [2.45, 2.75) is 13.3 Å². The van der Waals surface area contributed by atoms with Crippen LogP contribution in [0.5, 0.6) is 0 Å². The first-order valence-electron chi connectivity index (χ1n) is 7.55. The van der Waals surface area contributed by atoms with E-state index in [4.69, 9.17) is 0 Å². The van der Waals surface area contributed by atoms with Gasteiger partial charge in [-0.3, -0.25) is 4.99 Å². The van der Waals surface area contributed by atoms with Gasteiger partial charge >= 0.3 is 0 Å². The standard InChI is InChI=1S/C15H14N2.C3H6N2/c1-11-7-5-6-8-12(11)15-16-13-9-3-2-4-10-14(13)17-15;1-2-5-3-4-1/h3-10H,2H2,1H3,(H,16,17);3H,1-2H2,(H,4,5). The number of aliphatic imine (C=N–C) groups is 1. The molecule has 0 saturated carbocycles. The van der Waals surface area contributed by atoms with Crippen LogP contribution in [0.2, 0.25) is 0 Å². The summed E-state index contributed by atoms with van der Waals surface area (Å²) >= 11 is 0. The lowest BCUT2D eigenvalue weighted by atomic mass is 10.1. The maximum absolute atomic E-state index is 4.65. The van der Waals surface area contributed by atoms with Crippen molar-refractivity contribution in [1.29, 1.82) is 0 Å². The number of hydrogen-bond donors (Lipinski definition) is 2.